The van der Waals surface area contributed by atoms with Crippen LogP contribution in [0.2, 0.25) is 0 Å². The van der Waals surface area contributed by atoms with Crippen molar-refractivity contribution in [3.8, 4) is 11.8 Å². The first-order valence-corrected chi connectivity index (χ1v) is 3.58. The molecule has 1 aromatic heterocycles. The van der Waals surface area contributed by atoms with Crippen molar-refractivity contribution in [3.63, 3.8) is 0 Å². The van der Waals surface area contributed by atoms with Gasteiger partial charge in [-0.1, -0.05) is 5.92 Å². The monoisotopic (exact) mass is 164 g/mol. The highest BCUT2D eigenvalue weighted by molar-refractivity contribution is 5.36. The summed E-state index contributed by atoms with van der Waals surface area (Å²) < 4.78 is 12.8. The molecule has 0 fully saturated rings. The van der Waals surface area contributed by atoms with Gasteiger partial charge in [0.15, 0.2) is 11.6 Å². The lowest BCUT2D eigenvalue weighted by Crippen LogP contribution is -2.02. The van der Waals surface area contributed by atoms with Crippen LogP contribution in [0.1, 0.15) is 6.92 Å². The average Bonchev–Trinajstić information content (AvgIpc) is 2.09. The van der Waals surface area contributed by atoms with E-state index >= 15 is 0 Å². The predicted octanol–water partition coefficient (Wildman–Crippen LogP) is 1.66. The summed E-state index contributed by atoms with van der Waals surface area (Å²) in [5.41, 5.74) is 0. The van der Waals surface area contributed by atoms with Gasteiger partial charge < -0.3 is 5.32 Å². The van der Waals surface area contributed by atoms with Gasteiger partial charge in [0.1, 0.15) is 0 Å². The first kappa shape index (κ1) is 8.54. The Balaban J connectivity index is 2.61. The van der Waals surface area contributed by atoms with E-state index in [0.29, 0.717) is 6.54 Å². The van der Waals surface area contributed by atoms with Crippen LogP contribution in [0.25, 0.3) is 0 Å². The molecular formula is C9H9FN2. The Labute approximate surface area is 70.8 Å². The molecule has 12 heavy (non-hydrogen) atoms. The largest absolute Gasteiger partial charge is 0.357 e. The summed E-state index contributed by atoms with van der Waals surface area (Å²) in [6.07, 6.45) is 1.53. The molecule has 0 aromatic carbocycles. The Bertz CT molecular complexity index is 312. The van der Waals surface area contributed by atoms with E-state index < -0.39 is 0 Å². The molecule has 0 aliphatic carbocycles. The second-order valence-corrected chi connectivity index (χ2v) is 2.11. The van der Waals surface area contributed by atoms with Crippen molar-refractivity contribution in [1.82, 2.24) is 4.98 Å². The van der Waals surface area contributed by atoms with E-state index in [1.165, 1.54) is 12.3 Å². The maximum atomic E-state index is 12.8. The summed E-state index contributed by atoms with van der Waals surface area (Å²) in [7, 11) is 0. The van der Waals surface area contributed by atoms with Crippen molar-refractivity contribution < 1.29 is 4.39 Å². The smallest absolute Gasteiger partial charge is 0.165 e. The molecule has 2 nitrogen and oxygen atoms in total. The number of nitrogens with one attached hydrogen (secondary N) is 1. The Hall–Kier alpha value is -1.56. The first-order valence-electron chi connectivity index (χ1n) is 3.58. The van der Waals surface area contributed by atoms with Gasteiger partial charge in [-0.25, -0.2) is 9.37 Å². The van der Waals surface area contributed by atoms with Crippen molar-refractivity contribution in [2.45, 2.75) is 6.92 Å². The number of halogens is 1. The van der Waals surface area contributed by atoms with E-state index in [1.807, 2.05) is 0 Å². The fraction of sp³-hybridized carbons (Fsp3) is 0.222. The van der Waals surface area contributed by atoms with Gasteiger partial charge in [-0.3, -0.25) is 0 Å². The second-order valence-electron chi connectivity index (χ2n) is 2.11. The van der Waals surface area contributed by atoms with Crippen molar-refractivity contribution in [2.24, 2.45) is 0 Å². The van der Waals surface area contributed by atoms with E-state index in [4.69, 9.17) is 0 Å². The standard InChI is InChI=1S/C9H9FN2/c1-2-3-6-11-9-8(10)5-4-7-12-9/h4-5,7H,6H2,1H3,(H,11,12). The molecular weight excluding hydrogens is 155 g/mol. The van der Waals surface area contributed by atoms with Crippen LogP contribution in [0.15, 0.2) is 18.3 Å². The van der Waals surface area contributed by atoms with Gasteiger partial charge in [0.25, 0.3) is 0 Å². The molecule has 0 saturated carbocycles. The van der Waals surface area contributed by atoms with Crippen molar-refractivity contribution in [1.29, 1.82) is 0 Å². The number of anilines is 1. The summed E-state index contributed by atoms with van der Waals surface area (Å²) >= 11 is 0. The molecule has 1 rings (SSSR count). The number of hydrogen-bond acceptors (Lipinski definition) is 2. The van der Waals surface area contributed by atoms with Crippen molar-refractivity contribution in [3.05, 3.63) is 24.1 Å². The van der Waals surface area contributed by atoms with Crippen LogP contribution in [-0.4, -0.2) is 11.5 Å². The molecule has 0 aliphatic heterocycles. The molecule has 0 unspecified atom stereocenters. The third-order valence-corrected chi connectivity index (χ3v) is 1.28. The zero-order valence-electron chi connectivity index (χ0n) is 6.76. The fourth-order valence-electron chi connectivity index (χ4n) is 0.732. The van der Waals surface area contributed by atoms with Gasteiger partial charge in [0, 0.05) is 6.20 Å². The lowest BCUT2D eigenvalue weighted by molar-refractivity contribution is 0.625. The molecule has 3 heteroatoms. The number of pyridine rings is 1. The first-order chi connectivity index (χ1) is 5.84. The summed E-state index contributed by atoms with van der Waals surface area (Å²) in [6, 6.07) is 2.90. The van der Waals surface area contributed by atoms with E-state index in [9.17, 15) is 4.39 Å². The number of nitrogens with zero attached hydrogens (tertiary/aromatic N) is 1. The van der Waals surface area contributed by atoms with E-state index in [2.05, 4.69) is 22.1 Å². The maximum Gasteiger partial charge on any atom is 0.165 e. The maximum absolute atomic E-state index is 12.8. The van der Waals surface area contributed by atoms with Gasteiger partial charge in [-0.15, -0.1) is 5.92 Å². The highest BCUT2D eigenvalue weighted by Gasteiger charge is 1.97. The van der Waals surface area contributed by atoms with Gasteiger partial charge >= 0.3 is 0 Å². The van der Waals surface area contributed by atoms with Gasteiger partial charge in [0.05, 0.1) is 6.54 Å². The second kappa shape index (κ2) is 4.35. The Kier molecular flexibility index (Phi) is 3.09. The Morgan fingerprint density at radius 2 is 2.50 bits per heavy atom. The summed E-state index contributed by atoms with van der Waals surface area (Å²) in [5, 5.41) is 2.75. The molecule has 0 aliphatic rings. The zero-order valence-corrected chi connectivity index (χ0v) is 6.76. The van der Waals surface area contributed by atoms with E-state index in [-0.39, 0.29) is 11.6 Å². The normalized spacial score (nSPS) is 8.50. The minimum absolute atomic E-state index is 0.250. The number of rotatable bonds is 2. The number of aromatic nitrogens is 1. The average molecular weight is 164 g/mol. The summed E-state index contributed by atoms with van der Waals surface area (Å²) in [5.74, 6) is 5.35. The molecule has 62 valence electrons. The third kappa shape index (κ3) is 2.24. The minimum atomic E-state index is -0.351. The van der Waals surface area contributed by atoms with Crippen LogP contribution < -0.4 is 5.32 Å². The number of hydrogen-bond donors (Lipinski definition) is 1. The predicted molar refractivity (Wildman–Crippen MR) is 46.1 cm³/mol. The molecule has 1 heterocycles. The Morgan fingerprint density at radius 1 is 1.67 bits per heavy atom. The summed E-state index contributed by atoms with van der Waals surface area (Å²) in [4.78, 5) is 3.80. The summed E-state index contributed by atoms with van der Waals surface area (Å²) in [6.45, 7) is 2.15. The van der Waals surface area contributed by atoms with Crippen molar-refractivity contribution in [2.75, 3.05) is 11.9 Å². The molecule has 1 aromatic rings. The Morgan fingerprint density at radius 3 is 3.17 bits per heavy atom. The molecule has 0 atom stereocenters. The third-order valence-electron chi connectivity index (χ3n) is 1.28. The quantitative estimate of drug-likeness (QED) is 0.672. The lowest BCUT2D eigenvalue weighted by Gasteiger charge is -2.00. The SMILES string of the molecule is CC#CCNc1ncccc1F. The highest BCUT2D eigenvalue weighted by atomic mass is 19.1. The van der Waals surface area contributed by atoms with Crippen molar-refractivity contribution >= 4 is 5.82 Å². The van der Waals surface area contributed by atoms with Gasteiger partial charge in [-0.2, -0.15) is 0 Å². The van der Waals surface area contributed by atoms with E-state index in [0.717, 1.165) is 0 Å². The van der Waals surface area contributed by atoms with Crippen LogP contribution in [0.5, 0.6) is 0 Å². The van der Waals surface area contributed by atoms with E-state index in [1.54, 1.807) is 13.0 Å². The van der Waals surface area contributed by atoms with Crippen LogP contribution in [-0.2, 0) is 0 Å². The fourth-order valence-corrected chi connectivity index (χ4v) is 0.732. The topological polar surface area (TPSA) is 24.9 Å². The molecule has 0 bridgehead atoms. The molecule has 0 radical (unpaired) electrons. The highest BCUT2D eigenvalue weighted by Crippen LogP contribution is 2.06. The molecule has 0 saturated heterocycles. The lowest BCUT2D eigenvalue weighted by atomic mass is 10.4. The van der Waals surface area contributed by atoms with Gasteiger partial charge in [0.2, 0.25) is 0 Å². The molecule has 0 spiro atoms. The van der Waals surface area contributed by atoms with Crippen LogP contribution >= 0.6 is 0 Å². The minimum Gasteiger partial charge on any atom is -0.357 e. The molecule has 0 amide bonds. The van der Waals surface area contributed by atoms with Gasteiger partial charge in [-0.05, 0) is 19.1 Å². The van der Waals surface area contributed by atoms with Crippen LogP contribution in [0.4, 0.5) is 10.2 Å². The van der Waals surface area contributed by atoms with Crippen LogP contribution in [0, 0.1) is 17.7 Å². The molecule has 1 N–H and O–H groups in total. The zero-order chi connectivity index (χ0) is 8.81. The van der Waals surface area contributed by atoms with Crippen LogP contribution in [0.3, 0.4) is 0 Å².